The molecule has 6 nitrogen and oxygen atoms in total. The molecule has 0 aliphatic carbocycles. The Morgan fingerprint density at radius 2 is 1.82 bits per heavy atom. The van der Waals surface area contributed by atoms with Crippen LogP contribution in [0.15, 0.2) is 75.5 Å². The highest BCUT2D eigenvalue weighted by atomic mass is 35.5. The first-order valence-corrected chi connectivity index (χ1v) is 14.4. The molecule has 0 spiro atoms. The van der Waals surface area contributed by atoms with Crippen LogP contribution in [0, 0.1) is 0 Å². The lowest BCUT2D eigenvalue weighted by atomic mass is 10.2. The molecule has 1 N–H and O–H groups in total. The van der Waals surface area contributed by atoms with Gasteiger partial charge in [0.2, 0.25) is 0 Å². The van der Waals surface area contributed by atoms with Crippen LogP contribution in [0.4, 0.5) is 0 Å². The summed E-state index contributed by atoms with van der Waals surface area (Å²) in [7, 11) is 0. The molecule has 0 unspecified atom stereocenters. The minimum Gasteiger partial charge on any atom is -0.490 e. The normalized spacial score (nSPS) is 11.1. The van der Waals surface area contributed by atoms with E-state index >= 15 is 0 Å². The Morgan fingerprint density at radius 3 is 2.58 bits per heavy atom. The minimum atomic E-state index is -0.237. The zero-order valence-electron chi connectivity index (χ0n) is 20.1. The smallest absolute Gasteiger partial charge is 0.250 e. The van der Waals surface area contributed by atoms with E-state index in [-0.39, 0.29) is 18.3 Å². The summed E-state index contributed by atoms with van der Waals surface area (Å²) in [5.74, 6) is 1.08. The topological polar surface area (TPSA) is 72.8 Å². The van der Waals surface area contributed by atoms with Gasteiger partial charge < -0.3 is 9.47 Å². The zero-order chi connectivity index (χ0) is 26.9. The molecule has 0 aliphatic heterocycles. The molecule has 0 bridgehead atoms. The second-order valence-corrected chi connectivity index (χ2v) is 11.1. The molecule has 4 rings (SSSR count). The van der Waals surface area contributed by atoms with Crippen LogP contribution in [0.3, 0.4) is 0 Å². The zero-order valence-corrected chi connectivity index (χ0v) is 24.0. The lowest BCUT2D eigenvalue weighted by Crippen LogP contribution is -2.19. The van der Waals surface area contributed by atoms with Crippen LogP contribution < -0.4 is 14.9 Å². The number of rotatable bonds is 11. The van der Waals surface area contributed by atoms with Crippen molar-refractivity contribution in [3.8, 4) is 22.8 Å². The molecule has 0 radical (unpaired) electrons. The van der Waals surface area contributed by atoms with Gasteiger partial charge in [0.05, 0.1) is 24.3 Å². The van der Waals surface area contributed by atoms with E-state index in [1.165, 1.54) is 23.1 Å². The molecule has 0 saturated carbocycles. The summed E-state index contributed by atoms with van der Waals surface area (Å²) in [5.41, 5.74) is 5.92. The maximum Gasteiger partial charge on any atom is 0.250 e. The van der Waals surface area contributed by atoms with Crippen LogP contribution >= 0.6 is 57.9 Å². The molecule has 0 saturated heterocycles. The average Bonchev–Trinajstić information content (AvgIpc) is 3.38. The Labute approximate surface area is 243 Å². The van der Waals surface area contributed by atoms with Gasteiger partial charge in [0.1, 0.15) is 6.61 Å². The lowest BCUT2D eigenvalue weighted by molar-refractivity contribution is -0.118. The molecule has 1 heterocycles. The third-order valence-electron chi connectivity index (χ3n) is 5.02. The molecule has 0 aliphatic rings. The number of ether oxygens (including phenoxy) is 2. The van der Waals surface area contributed by atoms with E-state index in [1.54, 1.807) is 30.5 Å². The fraction of sp³-hybridized carbons (Fsp3) is 0.148. The fourth-order valence-electron chi connectivity index (χ4n) is 3.20. The van der Waals surface area contributed by atoms with E-state index < -0.39 is 0 Å². The molecule has 196 valence electrons. The molecule has 1 amide bonds. The molecule has 1 aromatic heterocycles. The number of hydrazone groups is 1. The fourth-order valence-corrected chi connectivity index (χ4v) is 5.42. The van der Waals surface area contributed by atoms with Crippen LogP contribution in [0.25, 0.3) is 11.3 Å². The summed E-state index contributed by atoms with van der Waals surface area (Å²) in [6.07, 6.45) is 1.55. The molecule has 11 heteroatoms. The molecular formula is C27H22Cl3N3O3S2. The molecule has 0 atom stereocenters. The summed E-state index contributed by atoms with van der Waals surface area (Å²) < 4.78 is 12.4. The van der Waals surface area contributed by atoms with Crippen molar-refractivity contribution in [1.82, 2.24) is 10.4 Å². The van der Waals surface area contributed by atoms with Gasteiger partial charge in [-0.1, -0.05) is 64.8 Å². The first-order valence-electron chi connectivity index (χ1n) is 11.4. The van der Waals surface area contributed by atoms with Crippen molar-refractivity contribution >= 4 is 70.0 Å². The van der Waals surface area contributed by atoms with E-state index in [0.29, 0.717) is 33.2 Å². The monoisotopic (exact) mass is 605 g/mol. The minimum absolute atomic E-state index is 0.190. The number of halogens is 3. The number of amides is 1. The second kappa shape index (κ2) is 13.9. The maximum atomic E-state index is 12.3. The van der Waals surface area contributed by atoms with E-state index in [9.17, 15) is 4.79 Å². The number of aromatic nitrogens is 1. The number of thioether (sulfide) groups is 1. The van der Waals surface area contributed by atoms with Crippen LogP contribution in [0.2, 0.25) is 15.1 Å². The quantitative estimate of drug-likeness (QED) is 0.106. The van der Waals surface area contributed by atoms with Gasteiger partial charge in [-0.05, 0) is 55.0 Å². The average molecular weight is 607 g/mol. The number of carbonyl (C=O) groups excluding carboxylic acids is 1. The van der Waals surface area contributed by atoms with Gasteiger partial charge in [0, 0.05) is 31.6 Å². The van der Waals surface area contributed by atoms with Crippen molar-refractivity contribution in [2.75, 3.05) is 12.4 Å². The summed E-state index contributed by atoms with van der Waals surface area (Å²) in [6, 6.07) is 18.1. The van der Waals surface area contributed by atoms with Gasteiger partial charge in [-0.3, -0.25) is 4.79 Å². The summed E-state index contributed by atoms with van der Waals surface area (Å²) in [6.45, 7) is 2.61. The number of thiazole rings is 1. The first kappa shape index (κ1) is 28.3. The molecular weight excluding hydrogens is 585 g/mol. The standard InChI is InChI=1S/C27H22Cl3N3O3S2/c1-2-35-25-11-17(3-10-24(25)36-14-19-6-9-21(29)12-22(19)30)13-31-33-26(34)16-38-27-32-23(15-37-27)18-4-7-20(28)8-5-18/h3-13,15H,2,14,16H2,1H3,(H,33,34)/b31-13+. The van der Waals surface area contributed by atoms with Crippen LogP contribution in [-0.2, 0) is 11.4 Å². The van der Waals surface area contributed by atoms with Gasteiger partial charge in [0.15, 0.2) is 15.8 Å². The van der Waals surface area contributed by atoms with Crippen molar-refractivity contribution in [3.63, 3.8) is 0 Å². The van der Waals surface area contributed by atoms with Gasteiger partial charge in [-0.15, -0.1) is 11.3 Å². The number of nitrogens with one attached hydrogen (secondary N) is 1. The SMILES string of the molecule is CCOc1cc(/C=N/NC(=O)CSc2nc(-c3ccc(Cl)cc3)cs2)ccc1OCc1ccc(Cl)cc1Cl. The van der Waals surface area contributed by atoms with Crippen LogP contribution in [0.5, 0.6) is 11.5 Å². The first-order chi connectivity index (χ1) is 18.4. The predicted octanol–water partition coefficient (Wildman–Crippen LogP) is 7.99. The Hall–Kier alpha value is -2.75. The largest absolute Gasteiger partial charge is 0.490 e. The second-order valence-electron chi connectivity index (χ2n) is 7.75. The Balaban J connectivity index is 1.29. The number of benzene rings is 3. The van der Waals surface area contributed by atoms with Crippen molar-refractivity contribution in [3.05, 3.63) is 92.2 Å². The molecule has 3 aromatic carbocycles. The van der Waals surface area contributed by atoms with Crippen LogP contribution in [-0.4, -0.2) is 29.5 Å². The number of carbonyl (C=O) groups is 1. The summed E-state index contributed by atoms with van der Waals surface area (Å²) in [4.78, 5) is 16.8. The Morgan fingerprint density at radius 1 is 1.03 bits per heavy atom. The molecule has 4 aromatic rings. The van der Waals surface area contributed by atoms with Crippen LogP contribution in [0.1, 0.15) is 18.1 Å². The number of hydrogen-bond acceptors (Lipinski definition) is 7. The molecule has 0 fully saturated rings. The third-order valence-corrected chi connectivity index (χ3v) is 7.88. The highest BCUT2D eigenvalue weighted by Crippen LogP contribution is 2.31. The Kier molecular flexibility index (Phi) is 10.3. The van der Waals surface area contributed by atoms with Crippen molar-refractivity contribution in [2.24, 2.45) is 5.10 Å². The van der Waals surface area contributed by atoms with Gasteiger partial charge in [0.25, 0.3) is 5.91 Å². The van der Waals surface area contributed by atoms with Gasteiger partial charge in [-0.2, -0.15) is 5.10 Å². The van der Waals surface area contributed by atoms with E-state index in [2.05, 4.69) is 15.5 Å². The highest BCUT2D eigenvalue weighted by Gasteiger charge is 2.10. The molecule has 38 heavy (non-hydrogen) atoms. The van der Waals surface area contributed by atoms with Gasteiger partial charge in [-0.25, -0.2) is 10.4 Å². The van der Waals surface area contributed by atoms with E-state index in [1.807, 2.05) is 48.7 Å². The van der Waals surface area contributed by atoms with Crippen molar-refractivity contribution in [1.29, 1.82) is 0 Å². The van der Waals surface area contributed by atoms with Gasteiger partial charge >= 0.3 is 0 Å². The van der Waals surface area contributed by atoms with Crippen molar-refractivity contribution < 1.29 is 14.3 Å². The number of nitrogens with zero attached hydrogens (tertiary/aromatic N) is 2. The summed E-state index contributed by atoms with van der Waals surface area (Å²) in [5, 5.41) is 7.79. The van der Waals surface area contributed by atoms with Crippen molar-refractivity contribution in [2.45, 2.75) is 17.9 Å². The lowest BCUT2D eigenvalue weighted by Gasteiger charge is -2.13. The third kappa shape index (κ3) is 8.12. The summed E-state index contributed by atoms with van der Waals surface area (Å²) >= 11 is 21.0. The van der Waals surface area contributed by atoms with E-state index in [4.69, 9.17) is 44.3 Å². The highest BCUT2D eigenvalue weighted by molar-refractivity contribution is 8.01. The Bertz CT molecular complexity index is 1430. The predicted molar refractivity (Wildman–Crippen MR) is 157 cm³/mol. The maximum absolute atomic E-state index is 12.3. The van der Waals surface area contributed by atoms with E-state index in [0.717, 1.165) is 26.7 Å². The number of hydrogen-bond donors (Lipinski definition) is 1.